The molecule has 27 heavy (non-hydrogen) atoms. The van der Waals surface area contributed by atoms with Gasteiger partial charge in [0.1, 0.15) is 17.3 Å². The largest absolute Gasteiger partial charge is 0.508 e. The maximum absolute atomic E-state index is 13.1. The van der Waals surface area contributed by atoms with Gasteiger partial charge < -0.3 is 10.0 Å². The third-order valence-corrected chi connectivity index (χ3v) is 4.34. The van der Waals surface area contributed by atoms with Gasteiger partial charge in [0, 0.05) is 13.1 Å². The molecule has 0 aliphatic carbocycles. The molecule has 0 radical (unpaired) electrons. The van der Waals surface area contributed by atoms with E-state index in [4.69, 9.17) is 0 Å². The van der Waals surface area contributed by atoms with Crippen LogP contribution in [0.15, 0.2) is 65.5 Å². The number of nitrogens with zero attached hydrogens (tertiary/aromatic N) is 3. The number of aromatic nitrogens is 2. The number of benzene rings is 2. The molecule has 6 nitrogen and oxygen atoms in total. The van der Waals surface area contributed by atoms with E-state index in [0.717, 1.165) is 10.2 Å². The predicted molar refractivity (Wildman–Crippen MR) is 98.4 cm³/mol. The lowest BCUT2D eigenvalue weighted by Crippen LogP contribution is -2.32. The van der Waals surface area contributed by atoms with Crippen molar-refractivity contribution in [2.75, 3.05) is 7.05 Å². The van der Waals surface area contributed by atoms with E-state index < -0.39 is 11.4 Å². The molecule has 3 rings (SSSR count). The Labute approximate surface area is 155 Å². The number of hydrogen-bond donors (Lipinski definition) is 1. The highest BCUT2D eigenvalue weighted by molar-refractivity contribution is 5.92. The molecule has 138 valence electrons. The summed E-state index contributed by atoms with van der Waals surface area (Å²) < 4.78 is 14.2. The van der Waals surface area contributed by atoms with Crippen molar-refractivity contribution >= 4 is 5.91 Å². The van der Waals surface area contributed by atoms with E-state index >= 15 is 0 Å². The molecule has 3 aromatic rings. The molecule has 0 aliphatic rings. The maximum atomic E-state index is 13.1. The van der Waals surface area contributed by atoms with Gasteiger partial charge in [0.2, 0.25) is 0 Å². The van der Waals surface area contributed by atoms with Gasteiger partial charge in [-0.2, -0.15) is 9.78 Å². The Morgan fingerprint density at radius 3 is 2.52 bits per heavy atom. The average Bonchev–Trinajstić information content (AvgIpc) is 2.67. The van der Waals surface area contributed by atoms with Gasteiger partial charge in [0.25, 0.3) is 11.5 Å². The molecule has 1 amide bonds. The van der Waals surface area contributed by atoms with Crippen molar-refractivity contribution < 1.29 is 14.3 Å². The summed E-state index contributed by atoms with van der Waals surface area (Å²) in [4.78, 5) is 26.4. The molecule has 0 bridgehead atoms. The zero-order valence-electron chi connectivity index (χ0n) is 14.8. The first-order valence-electron chi connectivity index (χ1n) is 8.29. The zero-order chi connectivity index (χ0) is 19.6. The second-order valence-corrected chi connectivity index (χ2v) is 6.13. The van der Waals surface area contributed by atoms with Crippen LogP contribution >= 0.6 is 0 Å². The van der Waals surface area contributed by atoms with Gasteiger partial charge in [0.05, 0.1) is 11.7 Å². The Morgan fingerprint density at radius 2 is 1.85 bits per heavy atom. The topological polar surface area (TPSA) is 75.4 Å². The van der Waals surface area contributed by atoms with Crippen molar-refractivity contribution in [1.82, 2.24) is 14.7 Å². The van der Waals surface area contributed by atoms with Crippen LogP contribution in [-0.4, -0.2) is 32.7 Å². The number of amides is 1. The number of phenols is 1. The second-order valence-electron chi connectivity index (χ2n) is 6.13. The number of phenolic OH excluding ortho intramolecular Hbond substituents is 1. The minimum absolute atomic E-state index is 0.0772. The maximum Gasteiger partial charge on any atom is 0.274 e. The normalized spacial score (nSPS) is 11.8. The molecular weight excluding hydrogens is 349 g/mol. The molecule has 1 aromatic heterocycles. The molecule has 0 fully saturated rings. The highest BCUT2D eigenvalue weighted by atomic mass is 19.1. The molecular formula is C20H18FN3O3. The molecule has 0 unspecified atom stereocenters. The van der Waals surface area contributed by atoms with Gasteiger partial charge in [-0.25, -0.2) is 4.39 Å². The average molecular weight is 367 g/mol. The molecule has 0 saturated heterocycles. The first-order chi connectivity index (χ1) is 12.9. The molecule has 0 saturated carbocycles. The summed E-state index contributed by atoms with van der Waals surface area (Å²) in [6, 6.07) is 14.2. The van der Waals surface area contributed by atoms with Crippen LogP contribution in [0.2, 0.25) is 0 Å². The first-order valence-corrected chi connectivity index (χ1v) is 8.29. The minimum Gasteiger partial charge on any atom is -0.508 e. The van der Waals surface area contributed by atoms with Crippen molar-refractivity contribution in [3.63, 3.8) is 0 Å². The number of hydrogen-bond acceptors (Lipinski definition) is 4. The fourth-order valence-electron chi connectivity index (χ4n) is 2.66. The van der Waals surface area contributed by atoms with E-state index in [1.54, 1.807) is 31.3 Å². The summed E-state index contributed by atoms with van der Waals surface area (Å²) in [6.45, 7) is 1.82. The van der Waals surface area contributed by atoms with Crippen molar-refractivity contribution in [2.45, 2.75) is 13.0 Å². The van der Waals surface area contributed by atoms with E-state index in [9.17, 15) is 19.1 Å². The van der Waals surface area contributed by atoms with E-state index in [0.29, 0.717) is 5.69 Å². The van der Waals surface area contributed by atoms with Crippen LogP contribution in [0.25, 0.3) is 5.69 Å². The number of carbonyl (C=O) groups is 1. The zero-order valence-corrected chi connectivity index (χ0v) is 14.8. The number of aromatic hydroxyl groups is 1. The summed E-state index contributed by atoms with van der Waals surface area (Å²) in [5.41, 5.74) is 0.771. The molecule has 2 aromatic carbocycles. The van der Waals surface area contributed by atoms with Crippen LogP contribution in [0.4, 0.5) is 4.39 Å². The molecule has 1 heterocycles. The highest BCUT2D eigenvalue weighted by Crippen LogP contribution is 2.23. The lowest BCUT2D eigenvalue weighted by molar-refractivity contribution is 0.0734. The van der Waals surface area contributed by atoms with Gasteiger partial charge in [0.15, 0.2) is 0 Å². The van der Waals surface area contributed by atoms with Crippen LogP contribution in [0.5, 0.6) is 5.75 Å². The molecule has 7 heteroatoms. The van der Waals surface area contributed by atoms with Crippen LogP contribution in [0.1, 0.15) is 29.0 Å². The van der Waals surface area contributed by atoms with E-state index in [1.165, 1.54) is 41.3 Å². The van der Waals surface area contributed by atoms with Crippen molar-refractivity contribution in [1.29, 1.82) is 0 Å². The van der Waals surface area contributed by atoms with Crippen LogP contribution in [-0.2, 0) is 0 Å². The SMILES string of the molecule is C[C@@H](c1cccc(O)c1)N(C)C(=O)c1ccc(=O)n(-c2ccc(F)cc2)n1. The van der Waals surface area contributed by atoms with Crippen molar-refractivity contribution in [2.24, 2.45) is 0 Å². The number of rotatable bonds is 4. The quantitative estimate of drug-likeness (QED) is 0.769. The van der Waals surface area contributed by atoms with Crippen molar-refractivity contribution in [3.8, 4) is 11.4 Å². The minimum atomic E-state index is -0.432. The van der Waals surface area contributed by atoms with Gasteiger partial charge in [-0.15, -0.1) is 0 Å². The van der Waals surface area contributed by atoms with Crippen LogP contribution < -0.4 is 5.56 Å². The molecule has 1 atom stereocenters. The van der Waals surface area contributed by atoms with Gasteiger partial charge in [-0.1, -0.05) is 12.1 Å². The second kappa shape index (κ2) is 7.41. The van der Waals surface area contributed by atoms with Gasteiger partial charge >= 0.3 is 0 Å². The third-order valence-electron chi connectivity index (χ3n) is 4.34. The fraction of sp³-hybridized carbons (Fsp3) is 0.150. The van der Waals surface area contributed by atoms with Crippen LogP contribution in [0, 0.1) is 5.82 Å². The lowest BCUT2D eigenvalue weighted by Gasteiger charge is -2.25. The fourth-order valence-corrected chi connectivity index (χ4v) is 2.66. The monoisotopic (exact) mass is 367 g/mol. The van der Waals surface area contributed by atoms with E-state index in [-0.39, 0.29) is 23.4 Å². The molecule has 1 N–H and O–H groups in total. The third kappa shape index (κ3) is 3.87. The Hall–Kier alpha value is -3.48. The van der Waals surface area contributed by atoms with E-state index in [2.05, 4.69) is 5.10 Å². The first kappa shape index (κ1) is 18.3. The lowest BCUT2D eigenvalue weighted by atomic mass is 10.1. The standard InChI is InChI=1S/C20H18FN3O3/c1-13(14-4-3-5-17(25)12-14)23(2)20(27)18-10-11-19(26)24(22-18)16-8-6-15(21)7-9-16/h3-13,25H,1-2H3/t13-/m0/s1. The van der Waals surface area contributed by atoms with Gasteiger partial charge in [-0.05, 0) is 55.0 Å². The Bertz CT molecular complexity index is 1030. The summed E-state index contributed by atoms with van der Waals surface area (Å²) in [5, 5.41) is 13.8. The summed E-state index contributed by atoms with van der Waals surface area (Å²) >= 11 is 0. The predicted octanol–water partition coefficient (Wildman–Crippen LogP) is 2.91. The highest BCUT2D eigenvalue weighted by Gasteiger charge is 2.21. The summed E-state index contributed by atoms with van der Waals surface area (Å²) in [7, 11) is 1.62. The van der Waals surface area contributed by atoms with Crippen LogP contribution in [0.3, 0.4) is 0 Å². The molecule has 0 spiro atoms. The summed E-state index contributed by atoms with van der Waals surface area (Å²) in [5.74, 6) is -0.705. The van der Waals surface area contributed by atoms with Gasteiger partial charge in [-0.3, -0.25) is 9.59 Å². The Kier molecular flexibility index (Phi) is 5.03. The Balaban J connectivity index is 1.91. The van der Waals surface area contributed by atoms with Crippen molar-refractivity contribution in [3.05, 3.63) is 88.1 Å². The smallest absolute Gasteiger partial charge is 0.274 e. The van der Waals surface area contributed by atoms with E-state index in [1.807, 2.05) is 6.92 Å². The summed E-state index contributed by atoms with van der Waals surface area (Å²) in [6.07, 6.45) is 0. The Morgan fingerprint density at radius 1 is 1.15 bits per heavy atom. The number of carbonyl (C=O) groups excluding carboxylic acids is 1. The number of halogens is 1. The molecule has 0 aliphatic heterocycles.